The van der Waals surface area contributed by atoms with Gasteiger partial charge in [-0.2, -0.15) is 0 Å². The zero-order valence-corrected chi connectivity index (χ0v) is 10.7. The van der Waals surface area contributed by atoms with Crippen LogP contribution in [0.4, 0.5) is 0 Å². The molecule has 4 nitrogen and oxygen atoms in total. The fraction of sp³-hybridized carbons (Fsp3) is 0.818. The van der Waals surface area contributed by atoms with E-state index in [-0.39, 0.29) is 5.91 Å². The van der Waals surface area contributed by atoms with Gasteiger partial charge in [-0.25, -0.2) is 0 Å². The molecular weight excluding hydrogens is 222 g/mol. The van der Waals surface area contributed by atoms with Crippen molar-refractivity contribution in [3.8, 4) is 0 Å². The molecule has 0 bridgehead atoms. The SMILES string of the molecule is CCCNC(=S)NCCCC(=O)NC1CC1. The van der Waals surface area contributed by atoms with Gasteiger partial charge in [-0.3, -0.25) is 4.79 Å². The van der Waals surface area contributed by atoms with Gasteiger partial charge >= 0.3 is 0 Å². The van der Waals surface area contributed by atoms with Gasteiger partial charge in [0.2, 0.25) is 5.91 Å². The Morgan fingerprint density at radius 2 is 2.00 bits per heavy atom. The predicted octanol–water partition coefficient (Wildman–Crippen LogP) is 0.919. The average molecular weight is 243 g/mol. The highest BCUT2D eigenvalue weighted by atomic mass is 32.1. The second-order valence-corrected chi connectivity index (χ2v) is 4.54. The van der Waals surface area contributed by atoms with Gasteiger partial charge in [0.05, 0.1) is 0 Å². The van der Waals surface area contributed by atoms with Gasteiger partial charge in [-0.1, -0.05) is 6.92 Å². The molecule has 92 valence electrons. The van der Waals surface area contributed by atoms with E-state index in [1.807, 2.05) is 0 Å². The zero-order valence-electron chi connectivity index (χ0n) is 9.84. The van der Waals surface area contributed by atoms with Crippen molar-refractivity contribution < 1.29 is 4.79 Å². The maximum Gasteiger partial charge on any atom is 0.220 e. The first-order valence-corrected chi connectivity index (χ1v) is 6.44. The molecule has 0 atom stereocenters. The van der Waals surface area contributed by atoms with Crippen LogP contribution in [0.25, 0.3) is 0 Å². The normalized spacial score (nSPS) is 14.3. The Morgan fingerprint density at radius 3 is 2.62 bits per heavy atom. The van der Waals surface area contributed by atoms with Gasteiger partial charge in [0.1, 0.15) is 0 Å². The van der Waals surface area contributed by atoms with Crippen LogP contribution in [0.15, 0.2) is 0 Å². The van der Waals surface area contributed by atoms with E-state index in [1.165, 1.54) is 0 Å². The van der Waals surface area contributed by atoms with Gasteiger partial charge in [0, 0.05) is 25.6 Å². The van der Waals surface area contributed by atoms with Gasteiger partial charge < -0.3 is 16.0 Å². The Labute approximate surface area is 103 Å². The Balaban J connectivity index is 1.89. The number of hydrogen-bond donors (Lipinski definition) is 3. The molecule has 0 spiro atoms. The molecule has 1 aliphatic carbocycles. The lowest BCUT2D eigenvalue weighted by molar-refractivity contribution is -0.121. The molecule has 0 aromatic rings. The molecule has 16 heavy (non-hydrogen) atoms. The van der Waals surface area contributed by atoms with E-state index in [9.17, 15) is 4.79 Å². The number of thiocarbonyl (C=S) groups is 1. The van der Waals surface area contributed by atoms with Crippen LogP contribution in [0.2, 0.25) is 0 Å². The summed E-state index contributed by atoms with van der Waals surface area (Å²) >= 11 is 5.06. The molecule has 1 fully saturated rings. The maximum atomic E-state index is 11.3. The molecule has 5 heteroatoms. The minimum Gasteiger partial charge on any atom is -0.363 e. The quantitative estimate of drug-likeness (QED) is 0.460. The van der Waals surface area contributed by atoms with Crippen molar-refractivity contribution in [1.29, 1.82) is 0 Å². The van der Waals surface area contributed by atoms with E-state index < -0.39 is 0 Å². The summed E-state index contributed by atoms with van der Waals surface area (Å²) in [6, 6.07) is 0.466. The van der Waals surface area contributed by atoms with Crippen molar-refractivity contribution in [3.63, 3.8) is 0 Å². The molecule has 0 radical (unpaired) electrons. The third-order valence-electron chi connectivity index (χ3n) is 2.34. The number of rotatable bonds is 7. The van der Waals surface area contributed by atoms with Crippen LogP contribution >= 0.6 is 12.2 Å². The summed E-state index contributed by atoms with van der Waals surface area (Å²) in [5.41, 5.74) is 0. The molecule has 0 aromatic carbocycles. The number of carbonyl (C=O) groups is 1. The molecule has 1 amide bonds. The monoisotopic (exact) mass is 243 g/mol. The van der Waals surface area contributed by atoms with E-state index in [0.29, 0.717) is 17.6 Å². The standard InChI is InChI=1S/C11H21N3OS/c1-2-7-12-11(16)13-8-3-4-10(15)14-9-5-6-9/h9H,2-8H2,1H3,(H,14,15)(H2,12,13,16). The summed E-state index contributed by atoms with van der Waals surface area (Å²) in [5.74, 6) is 0.164. The first-order valence-electron chi connectivity index (χ1n) is 6.03. The lowest BCUT2D eigenvalue weighted by Crippen LogP contribution is -2.36. The molecule has 0 heterocycles. The molecule has 3 N–H and O–H groups in total. The Kier molecular flexibility index (Phi) is 6.15. The van der Waals surface area contributed by atoms with E-state index in [4.69, 9.17) is 12.2 Å². The van der Waals surface area contributed by atoms with Gasteiger partial charge in [-0.05, 0) is 37.9 Å². The van der Waals surface area contributed by atoms with E-state index in [0.717, 1.165) is 38.8 Å². The third-order valence-corrected chi connectivity index (χ3v) is 2.63. The molecule has 1 rings (SSSR count). The third kappa shape index (κ3) is 6.61. The summed E-state index contributed by atoms with van der Waals surface area (Å²) in [6.07, 6.45) is 4.77. The average Bonchev–Trinajstić information content (AvgIpc) is 3.05. The van der Waals surface area contributed by atoms with Gasteiger partial charge in [0.15, 0.2) is 5.11 Å². The highest BCUT2D eigenvalue weighted by Gasteiger charge is 2.22. The second kappa shape index (κ2) is 7.44. The van der Waals surface area contributed by atoms with Crippen LogP contribution in [0.3, 0.4) is 0 Å². The fourth-order valence-corrected chi connectivity index (χ4v) is 1.48. The number of nitrogens with one attached hydrogen (secondary N) is 3. The minimum absolute atomic E-state index is 0.164. The van der Waals surface area contributed by atoms with Crippen LogP contribution in [0, 0.1) is 0 Å². The van der Waals surface area contributed by atoms with Crippen molar-refractivity contribution in [2.45, 2.75) is 45.1 Å². The number of carbonyl (C=O) groups excluding carboxylic acids is 1. The maximum absolute atomic E-state index is 11.3. The molecule has 0 unspecified atom stereocenters. The van der Waals surface area contributed by atoms with Gasteiger partial charge in [0.25, 0.3) is 0 Å². The Hall–Kier alpha value is -0.840. The van der Waals surface area contributed by atoms with Crippen molar-refractivity contribution in [2.24, 2.45) is 0 Å². The predicted molar refractivity (Wildman–Crippen MR) is 69.3 cm³/mol. The highest BCUT2D eigenvalue weighted by Crippen LogP contribution is 2.18. The second-order valence-electron chi connectivity index (χ2n) is 4.13. The Bertz CT molecular complexity index is 241. The largest absolute Gasteiger partial charge is 0.363 e. The van der Waals surface area contributed by atoms with Crippen LogP contribution in [-0.4, -0.2) is 30.2 Å². The molecule has 0 aromatic heterocycles. The fourth-order valence-electron chi connectivity index (χ4n) is 1.28. The smallest absolute Gasteiger partial charge is 0.220 e. The molecule has 1 aliphatic rings. The minimum atomic E-state index is 0.164. The summed E-state index contributed by atoms with van der Waals surface area (Å²) in [6.45, 7) is 3.75. The molecule has 0 saturated heterocycles. The summed E-state index contributed by atoms with van der Waals surface area (Å²) in [7, 11) is 0. The first-order chi connectivity index (χ1) is 7.72. The molecule has 1 saturated carbocycles. The highest BCUT2D eigenvalue weighted by molar-refractivity contribution is 7.80. The summed E-state index contributed by atoms with van der Waals surface area (Å²) in [5, 5.41) is 9.81. The zero-order chi connectivity index (χ0) is 11.8. The van der Waals surface area contributed by atoms with Crippen molar-refractivity contribution in [1.82, 2.24) is 16.0 Å². The van der Waals surface area contributed by atoms with E-state index in [2.05, 4.69) is 22.9 Å². The number of amides is 1. The Morgan fingerprint density at radius 1 is 1.31 bits per heavy atom. The van der Waals surface area contributed by atoms with Crippen molar-refractivity contribution in [2.75, 3.05) is 13.1 Å². The molecular formula is C11H21N3OS. The van der Waals surface area contributed by atoms with Crippen LogP contribution in [-0.2, 0) is 4.79 Å². The van der Waals surface area contributed by atoms with Crippen LogP contribution < -0.4 is 16.0 Å². The van der Waals surface area contributed by atoms with Crippen molar-refractivity contribution >= 4 is 23.2 Å². The lowest BCUT2D eigenvalue weighted by Gasteiger charge is -2.09. The lowest BCUT2D eigenvalue weighted by atomic mass is 10.3. The number of hydrogen-bond acceptors (Lipinski definition) is 2. The summed E-state index contributed by atoms with van der Waals surface area (Å²) in [4.78, 5) is 11.3. The topological polar surface area (TPSA) is 53.2 Å². The summed E-state index contributed by atoms with van der Waals surface area (Å²) < 4.78 is 0. The van der Waals surface area contributed by atoms with Crippen LogP contribution in [0.1, 0.15) is 39.0 Å². The van der Waals surface area contributed by atoms with Crippen LogP contribution in [0.5, 0.6) is 0 Å². The van der Waals surface area contributed by atoms with Crippen molar-refractivity contribution in [3.05, 3.63) is 0 Å². The van der Waals surface area contributed by atoms with E-state index >= 15 is 0 Å². The van der Waals surface area contributed by atoms with Gasteiger partial charge in [-0.15, -0.1) is 0 Å². The van der Waals surface area contributed by atoms with E-state index in [1.54, 1.807) is 0 Å². The first kappa shape index (κ1) is 13.2. The molecule has 0 aliphatic heterocycles.